The number of pyridine rings is 1. The van der Waals surface area contributed by atoms with Crippen molar-refractivity contribution in [2.75, 3.05) is 11.9 Å². The van der Waals surface area contributed by atoms with Gasteiger partial charge in [0.1, 0.15) is 29.6 Å². The van der Waals surface area contributed by atoms with Crippen LogP contribution in [0.25, 0.3) is 10.9 Å². The Labute approximate surface area is 156 Å². The number of hydrogen-bond donors (Lipinski definition) is 2. The molecule has 2 aromatic carbocycles. The number of ether oxygens (including phenoxy) is 1. The van der Waals surface area contributed by atoms with Crippen LogP contribution in [0.5, 0.6) is 5.75 Å². The third kappa shape index (κ3) is 3.97. The lowest BCUT2D eigenvalue weighted by Gasteiger charge is -2.17. The van der Waals surface area contributed by atoms with Crippen molar-refractivity contribution in [1.29, 1.82) is 5.26 Å². The van der Waals surface area contributed by atoms with Crippen LogP contribution in [-0.4, -0.2) is 23.2 Å². The quantitative estimate of drug-likeness (QED) is 0.618. The summed E-state index contributed by atoms with van der Waals surface area (Å²) in [6, 6.07) is 9.06. The van der Waals surface area contributed by atoms with E-state index in [0.717, 1.165) is 12.1 Å². The largest absolute Gasteiger partial charge is 0.435 e. The van der Waals surface area contributed by atoms with Crippen molar-refractivity contribution in [3.05, 3.63) is 65.4 Å². The molecule has 0 bridgehead atoms. The lowest BCUT2D eigenvalue weighted by molar-refractivity contribution is -0.0497. The van der Waals surface area contributed by atoms with Gasteiger partial charge in [0.15, 0.2) is 0 Å². The van der Waals surface area contributed by atoms with Gasteiger partial charge in [-0.1, -0.05) is 6.07 Å². The molecule has 28 heavy (non-hydrogen) atoms. The SMILES string of the molecule is N#Cc1cnc2ccc(OC(F)F)cc2c1NCC(O)c1c(F)cccc1F. The Balaban J connectivity index is 1.95. The van der Waals surface area contributed by atoms with Gasteiger partial charge in [-0.3, -0.25) is 4.98 Å². The van der Waals surface area contributed by atoms with Crippen LogP contribution in [0.4, 0.5) is 23.2 Å². The van der Waals surface area contributed by atoms with Gasteiger partial charge in [0.25, 0.3) is 0 Å². The normalized spacial score (nSPS) is 12.0. The molecule has 0 aliphatic heterocycles. The summed E-state index contributed by atoms with van der Waals surface area (Å²) >= 11 is 0. The van der Waals surface area contributed by atoms with E-state index in [9.17, 15) is 27.9 Å². The third-order valence-corrected chi connectivity index (χ3v) is 3.99. The monoisotopic (exact) mass is 391 g/mol. The smallest absolute Gasteiger partial charge is 0.387 e. The number of alkyl halides is 2. The molecule has 0 amide bonds. The molecule has 2 N–H and O–H groups in total. The molecule has 0 fully saturated rings. The number of benzene rings is 2. The van der Waals surface area contributed by atoms with Gasteiger partial charge < -0.3 is 15.2 Å². The molecular weight excluding hydrogens is 378 g/mol. The van der Waals surface area contributed by atoms with E-state index < -0.39 is 29.9 Å². The zero-order valence-electron chi connectivity index (χ0n) is 14.2. The van der Waals surface area contributed by atoms with Crippen LogP contribution in [0, 0.1) is 23.0 Å². The zero-order valence-corrected chi connectivity index (χ0v) is 14.2. The molecule has 144 valence electrons. The predicted octanol–water partition coefficient (Wildman–Crippen LogP) is 4.13. The molecule has 1 unspecified atom stereocenters. The Morgan fingerprint density at radius 2 is 1.89 bits per heavy atom. The van der Waals surface area contributed by atoms with E-state index in [-0.39, 0.29) is 28.9 Å². The van der Waals surface area contributed by atoms with Crippen molar-refractivity contribution >= 4 is 16.6 Å². The van der Waals surface area contributed by atoms with E-state index in [1.165, 1.54) is 30.5 Å². The summed E-state index contributed by atoms with van der Waals surface area (Å²) in [5, 5.41) is 22.5. The van der Waals surface area contributed by atoms with Gasteiger partial charge >= 0.3 is 6.61 Å². The number of halogens is 4. The fourth-order valence-corrected chi connectivity index (χ4v) is 2.75. The van der Waals surface area contributed by atoms with Crippen molar-refractivity contribution in [2.45, 2.75) is 12.7 Å². The van der Waals surface area contributed by atoms with Gasteiger partial charge in [-0.25, -0.2) is 8.78 Å². The first kappa shape index (κ1) is 19.4. The number of aliphatic hydroxyl groups is 1. The maximum atomic E-state index is 13.8. The molecule has 0 spiro atoms. The zero-order chi connectivity index (χ0) is 20.3. The van der Waals surface area contributed by atoms with Gasteiger partial charge in [-0.15, -0.1) is 0 Å². The Kier molecular flexibility index (Phi) is 5.61. The van der Waals surface area contributed by atoms with Crippen LogP contribution in [-0.2, 0) is 0 Å². The van der Waals surface area contributed by atoms with Crippen LogP contribution in [0.2, 0.25) is 0 Å². The molecule has 1 heterocycles. The molecule has 0 aliphatic rings. The van der Waals surface area contributed by atoms with Gasteiger partial charge in [0.05, 0.1) is 22.3 Å². The van der Waals surface area contributed by atoms with E-state index >= 15 is 0 Å². The van der Waals surface area contributed by atoms with Gasteiger partial charge in [0.2, 0.25) is 0 Å². The van der Waals surface area contributed by atoms with Gasteiger partial charge in [-0.05, 0) is 30.3 Å². The molecule has 0 aliphatic carbocycles. The summed E-state index contributed by atoms with van der Waals surface area (Å²) in [6.07, 6.45) is -0.301. The number of aromatic nitrogens is 1. The second kappa shape index (κ2) is 8.10. The topological polar surface area (TPSA) is 78.2 Å². The molecule has 0 saturated heterocycles. The molecule has 5 nitrogen and oxygen atoms in total. The summed E-state index contributed by atoms with van der Waals surface area (Å²) in [4.78, 5) is 4.06. The summed E-state index contributed by atoms with van der Waals surface area (Å²) < 4.78 is 56.9. The lowest BCUT2D eigenvalue weighted by atomic mass is 10.1. The average molecular weight is 391 g/mol. The standard InChI is InChI=1S/C19H13F4N3O2/c20-13-2-1-3-14(21)17(13)16(27)9-26-18-10(7-24)8-25-15-5-4-11(6-12(15)18)28-19(22)23/h1-6,8,16,19,27H,9H2,(H,25,26). The molecule has 9 heteroatoms. The number of nitriles is 1. The molecule has 3 aromatic rings. The minimum Gasteiger partial charge on any atom is -0.435 e. The van der Waals surface area contributed by atoms with Gasteiger partial charge in [0, 0.05) is 18.1 Å². The number of aliphatic hydroxyl groups excluding tert-OH is 1. The lowest BCUT2D eigenvalue weighted by Crippen LogP contribution is -2.16. The predicted molar refractivity (Wildman–Crippen MR) is 92.9 cm³/mol. The molecular formula is C19H13F4N3O2. The third-order valence-electron chi connectivity index (χ3n) is 3.99. The van der Waals surface area contributed by atoms with Crippen molar-refractivity contribution in [3.63, 3.8) is 0 Å². The van der Waals surface area contributed by atoms with Crippen molar-refractivity contribution in [1.82, 2.24) is 4.98 Å². The van der Waals surface area contributed by atoms with Crippen LogP contribution >= 0.6 is 0 Å². The number of nitrogens with one attached hydrogen (secondary N) is 1. The first-order chi connectivity index (χ1) is 13.4. The molecule has 3 rings (SSSR count). The molecule has 0 radical (unpaired) electrons. The van der Waals surface area contributed by atoms with Crippen molar-refractivity contribution in [3.8, 4) is 11.8 Å². The van der Waals surface area contributed by atoms with Gasteiger partial charge in [-0.2, -0.15) is 14.0 Å². The highest BCUT2D eigenvalue weighted by Crippen LogP contribution is 2.30. The fourth-order valence-electron chi connectivity index (χ4n) is 2.75. The maximum Gasteiger partial charge on any atom is 0.387 e. The average Bonchev–Trinajstić information content (AvgIpc) is 2.65. The summed E-state index contributed by atoms with van der Waals surface area (Å²) in [6.45, 7) is -3.38. The second-order valence-electron chi connectivity index (χ2n) is 5.75. The Bertz CT molecular complexity index is 1030. The number of fused-ring (bicyclic) bond motifs is 1. The Morgan fingerprint density at radius 3 is 2.54 bits per heavy atom. The van der Waals surface area contributed by atoms with E-state index in [0.29, 0.717) is 5.52 Å². The summed E-state index contributed by atoms with van der Waals surface area (Å²) in [5.74, 6) is -1.98. The van der Waals surface area contributed by atoms with Crippen LogP contribution in [0.1, 0.15) is 17.2 Å². The van der Waals surface area contributed by atoms with Crippen molar-refractivity contribution in [2.24, 2.45) is 0 Å². The number of nitrogens with zero attached hydrogens (tertiary/aromatic N) is 2. The van der Waals surface area contributed by atoms with E-state index in [4.69, 9.17) is 0 Å². The minimum absolute atomic E-state index is 0.0582. The second-order valence-corrected chi connectivity index (χ2v) is 5.75. The minimum atomic E-state index is -3.04. The van der Waals surface area contributed by atoms with E-state index in [1.807, 2.05) is 6.07 Å². The van der Waals surface area contributed by atoms with Crippen LogP contribution in [0.15, 0.2) is 42.6 Å². The highest BCUT2D eigenvalue weighted by atomic mass is 19.3. The van der Waals surface area contributed by atoms with Crippen molar-refractivity contribution < 1.29 is 27.4 Å². The van der Waals surface area contributed by atoms with Crippen LogP contribution < -0.4 is 10.1 Å². The first-order valence-electron chi connectivity index (χ1n) is 8.04. The van der Waals surface area contributed by atoms with E-state index in [1.54, 1.807) is 0 Å². The van der Waals surface area contributed by atoms with Crippen LogP contribution in [0.3, 0.4) is 0 Å². The Hall–Kier alpha value is -3.38. The maximum absolute atomic E-state index is 13.8. The number of rotatable bonds is 6. The number of anilines is 1. The first-order valence-corrected chi connectivity index (χ1v) is 8.04. The molecule has 0 saturated carbocycles. The Morgan fingerprint density at radius 1 is 1.18 bits per heavy atom. The molecule has 1 atom stereocenters. The summed E-state index contributed by atoms with van der Waals surface area (Å²) in [5.41, 5.74) is 0.0780. The fraction of sp³-hybridized carbons (Fsp3) is 0.158. The highest BCUT2D eigenvalue weighted by Gasteiger charge is 2.19. The van der Waals surface area contributed by atoms with E-state index in [2.05, 4.69) is 15.0 Å². The number of hydrogen-bond acceptors (Lipinski definition) is 5. The summed E-state index contributed by atoms with van der Waals surface area (Å²) in [7, 11) is 0. The molecule has 1 aromatic heterocycles. The highest BCUT2D eigenvalue weighted by molar-refractivity contribution is 5.94.